The minimum absolute atomic E-state index is 0.0783. The molecule has 198 valence electrons. The van der Waals surface area contributed by atoms with E-state index in [1.54, 1.807) is 30.5 Å². The van der Waals surface area contributed by atoms with Crippen LogP contribution in [0.5, 0.6) is 5.75 Å². The van der Waals surface area contributed by atoms with Gasteiger partial charge in [-0.15, -0.1) is 0 Å². The summed E-state index contributed by atoms with van der Waals surface area (Å²) in [6, 6.07) is 28.1. The van der Waals surface area contributed by atoms with Gasteiger partial charge < -0.3 is 9.57 Å². The van der Waals surface area contributed by atoms with Gasteiger partial charge in [-0.25, -0.2) is 4.98 Å². The van der Waals surface area contributed by atoms with Gasteiger partial charge in [-0.2, -0.15) is 0 Å². The Morgan fingerprint density at radius 3 is 2.45 bits per heavy atom. The van der Waals surface area contributed by atoms with Gasteiger partial charge in [-0.05, 0) is 77.9 Å². The van der Waals surface area contributed by atoms with Gasteiger partial charge >= 0.3 is 0 Å². The molecule has 0 saturated carbocycles. The number of aromatic nitrogens is 3. The molecule has 2 aromatic heterocycles. The second-order valence-electron chi connectivity index (χ2n) is 8.72. The van der Waals surface area contributed by atoms with Crippen LogP contribution in [0, 0.1) is 0 Å². The minimum Gasteiger partial charge on any atom is -0.489 e. The summed E-state index contributed by atoms with van der Waals surface area (Å²) in [5, 5.41) is 5.47. The molecule has 5 aromatic rings. The third kappa shape index (κ3) is 7.30. The normalized spacial score (nSPS) is 11.9. The van der Waals surface area contributed by atoms with Crippen LogP contribution < -0.4 is 10.3 Å². The van der Waals surface area contributed by atoms with Crippen molar-refractivity contribution in [2.24, 2.45) is 5.16 Å². The molecule has 0 unspecified atom stereocenters. The summed E-state index contributed by atoms with van der Waals surface area (Å²) in [5.74, 6) is 0.758. The van der Waals surface area contributed by atoms with E-state index in [4.69, 9.17) is 21.2 Å². The third-order valence-corrected chi connectivity index (χ3v) is 6.11. The van der Waals surface area contributed by atoms with Crippen LogP contribution in [0.2, 0.25) is 5.02 Å². The highest BCUT2D eigenvalue weighted by Gasteiger charge is 2.03. The number of pyridine rings is 1. The van der Waals surface area contributed by atoms with Crippen molar-refractivity contribution in [1.82, 2.24) is 14.5 Å². The number of para-hydroxylation sites is 1. The number of oxime groups is 1. The topological polar surface area (TPSA) is 78.6 Å². The van der Waals surface area contributed by atoms with Crippen molar-refractivity contribution in [3.63, 3.8) is 0 Å². The lowest BCUT2D eigenvalue weighted by molar-refractivity contribution is 0.0816. The fraction of sp³-hybridized carbons (Fsp3) is 0.0625. The van der Waals surface area contributed by atoms with Gasteiger partial charge in [-0.1, -0.05) is 65.3 Å². The highest BCUT2D eigenvalue weighted by Crippen LogP contribution is 2.16. The van der Waals surface area contributed by atoms with Crippen LogP contribution in [0.1, 0.15) is 16.8 Å². The van der Waals surface area contributed by atoms with E-state index in [0.717, 1.165) is 22.6 Å². The molecule has 2 heterocycles. The Hall–Kier alpha value is -5.01. The average molecular weight is 549 g/mol. The smallest absolute Gasteiger partial charge is 0.264 e. The summed E-state index contributed by atoms with van der Waals surface area (Å²) < 4.78 is 7.24. The van der Waals surface area contributed by atoms with Crippen LogP contribution in [-0.2, 0) is 18.2 Å². The fourth-order valence-electron chi connectivity index (χ4n) is 3.73. The van der Waals surface area contributed by atoms with Crippen molar-refractivity contribution < 1.29 is 9.57 Å². The van der Waals surface area contributed by atoms with E-state index in [1.807, 2.05) is 91.0 Å². The van der Waals surface area contributed by atoms with E-state index in [1.165, 1.54) is 10.9 Å². The van der Waals surface area contributed by atoms with Crippen molar-refractivity contribution in [2.75, 3.05) is 0 Å². The number of halogens is 1. The molecular weight excluding hydrogens is 524 g/mol. The van der Waals surface area contributed by atoms with Crippen LogP contribution in [0.25, 0.3) is 23.1 Å². The number of ether oxygens (including phenoxy) is 1. The Morgan fingerprint density at radius 2 is 1.65 bits per heavy atom. The van der Waals surface area contributed by atoms with Crippen molar-refractivity contribution in [1.29, 1.82) is 0 Å². The third-order valence-electron chi connectivity index (χ3n) is 5.86. The molecule has 40 heavy (non-hydrogen) atoms. The molecule has 0 saturated heterocycles. The number of nitrogens with zero attached hydrogens (tertiary/aromatic N) is 4. The van der Waals surface area contributed by atoms with Gasteiger partial charge in [0, 0.05) is 11.2 Å². The Bertz CT molecular complexity index is 1710. The molecule has 0 radical (unpaired) electrons. The number of benzene rings is 3. The van der Waals surface area contributed by atoms with Gasteiger partial charge in [0.1, 0.15) is 24.4 Å². The van der Waals surface area contributed by atoms with Crippen molar-refractivity contribution in [3.8, 4) is 5.75 Å². The summed E-state index contributed by atoms with van der Waals surface area (Å²) in [6.45, 7) is 0.375. The Balaban J connectivity index is 1.28. The maximum Gasteiger partial charge on any atom is 0.264 e. The van der Waals surface area contributed by atoms with E-state index >= 15 is 0 Å². The highest BCUT2D eigenvalue weighted by molar-refractivity contribution is 6.30. The zero-order chi connectivity index (χ0) is 27.6. The van der Waals surface area contributed by atoms with Gasteiger partial charge in [0.05, 0.1) is 16.6 Å². The minimum atomic E-state index is -0.194. The van der Waals surface area contributed by atoms with Crippen molar-refractivity contribution in [3.05, 3.63) is 148 Å². The number of fused-ring (bicyclic) bond motifs is 1. The standard InChI is InChI=1S/C32H25ClN4O3/c33-26-13-8-25(9-14-26)21-39-29-18-11-24(12-19-29)10-15-28(17-16-27-5-3-4-20-34-27)36-40-23-37-22-35-31-7-2-1-6-30(31)32(37)38/h1-20,22H,21,23H2/b15-10+,17-16+,36-28-. The Labute approximate surface area is 236 Å². The first-order valence-corrected chi connectivity index (χ1v) is 12.9. The number of hydrogen-bond donors (Lipinski definition) is 0. The van der Waals surface area contributed by atoms with E-state index < -0.39 is 0 Å². The SMILES string of the molecule is O=c1c2ccccc2ncn1CO/N=C(/C=C/c1ccc(OCc2ccc(Cl)cc2)cc1)\C=C\c1ccccn1. The number of rotatable bonds is 10. The molecule has 0 atom stereocenters. The van der Waals surface area contributed by atoms with Gasteiger partial charge in [0.2, 0.25) is 0 Å². The lowest BCUT2D eigenvalue weighted by Gasteiger charge is -2.07. The van der Waals surface area contributed by atoms with E-state index in [0.29, 0.717) is 28.2 Å². The quantitative estimate of drug-likeness (QED) is 0.142. The molecule has 0 aliphatic carbocycles. The van der Waals surface area contributed by atoms with Crippen LogP contribution >= 0.6 is 11.6 Å². The summed E-state index contributed by atoms with van der Waals surface area (Å²) in [6.07, 6.45) is 10.5. The first-order valence-electron chi connectivity index (χ1n) is 12.5. The predicted molar refractivity (Wildman–Crippen MR) is 159 cm³/mol. The molecule has 0 fully saturated rings. The first kappa shape index (κ1) is 26.6. The molecule has 0 bridgehead atoms. The summed E-state index contributed by atoms with van der Waals surface area (Å²) in [4.78, 5) is 26.9. The number of hydrogen-bond acceptors (Lipinski definition) is 6. The van der Waals surface area contributed by atoms with E-state index in [-0.39, 0.29) is 12.3 Å². The fourth-order valence-corrected chi connectivity index (χ4v) is 3.86. The second kappa shape index (κ2) is 13.2. The predicted octanol–water partition coefficient (Wildman–Crippen LogP) is 6.78. The Morgan fingerprint density at radius 1 is 0.875 bits per heavy atom. The van der Waals surface area contributed by atoms with Crippen molar-refractivity contribution in [2.45, 2.75) is 13.3 Å². The molecule has 0 spiro atoms. The molecule has 7 nitrogen and oxygen atoms in total. The Kier molecular flexibility index (Phi) is 8.76. The van der Waals surface area contributed by atoms with E-state index in [9.17, 15) is 4.79 Å². The zero-order valence-corrected chi connectivity index (χ0v) is 22.2. The molecule has 3 aromatic carbocycles. The molecule has 5 rings (SSSR count). The maximum absolute atomic E-state index is 12.7. The van der Waals surface area contributed by atoms with E-state index in [2.05, 4.69) is 15.1 Å². The lowest BCUT2D eigenvalue weighted by atomic mass is 10.1. The van der Waals surface area contributed by atoms with Crippen molar-refractivity contribution >= 4 is 40.4 Å². The molecule has 8 heteroatoms. The molecule has 0 aliphatic rings. The van der Waals surface area contributed by atoms with Crippen LogP contribution in [0.15, 0.2) is 126 Å². The maximum atomic E-state index is 12.7. The monoisotopic (exact) mass is 548 g/mol. The summed E-state index contributed by atoms with van der Waals surface area (Å²) >= 11 is 5.94. The van der Waals surface area contributed by atoms with Gasteiger partial charge in [0.25, 0.3) is 5.56 Å². The number of allylic oxidation sites excluding steroid dienone is 2. The van der Waals surface area contributed by atoms with Gasteiger partial charge in [-0.3, -0.25) is 14.3 Å². The lowest BCUT2D eigenvalue weighted by Crippen LogP contribution is -2.21. The molecule has 0 aliphatic heterocycles. The van der Waals surface area contributed by atoms with Crippen LogP contribution in [0.3, 0.4) is 0 Å². The molecule has 0 amide bonds. The van der Waals surface area contributed by atoms with Gasteiger partial charge in [0.15, 0.2) is 6.73 Å². The van der Waals surface area contributed by atoms with Crippen LogP contribution in [-0.4, -0.2) is 20.2 Å². The summed E-state index contributed by atoms with van der Waals surface area (Å²) in [5.41, 5.74) is 3.75. The zero-order valence-electron chi connectivity index (χ0n) is 21.4. The molecular formula is C32H25ClN4O3. The summed E-state index contributed by atoms with van der Waals surface area (Å²) in [7, 11) is 0. The molecule has 0 N–H and O–H groups in total. The van der Waals surface area contributed by atoms with Crippen LogP contribution in [0.4, 0.5) is 0 Å². The highest BCUT2D eigenvalue weighted by atomic mass is 35.5. The average Bonchev–Trinajstić information content (AvgIpc) is 3.00. The second-order valence-corrected chi connectivity index (χ2v) is 9.15. The largest absolute Gasteiger partial charge is 0.489 e. The first-order chi connectivity index (χ1) is 19.6.